The van der Waals surface area contributed by atoms with E-state index in [2.05, 4.69) is 17.6 Å². The first kappa shape index (κ1) is 21.9. The van der Waals surface area contributed by atoms with Gasteiger partial charge in [0.2, 0.25) is 11.8 Å². The molecule has 6 heteroatoms. The van der Waals surface area contributed by atoms with Crippen LogP contribution in [-0.2, 0) is 22.6 Å². The average molecular weight is 402 g/mol. The molecule has 150 valence electrons. The summed E-state index contributed by atoms with van der Waals surface area (Å²) in [5, 5.41) is 6.29. The largest absolute Gasteiger partial charge is 0.325 e. The molecule has 1 heterocycles. The molecule has 0 radical (unpaired) electrons. The number of carbonyl (C=O) groups is 2. The normalized spacial score (nSPS) is 16.0. The minimum atomic E-state index is -0.337. The maximum Gasteiger partial charge on any atom is 0.229 e. The Bertz CT molecular complexity index is 808. The highest BCUT2D eigenvalue weighted by atomic mass is 35.5. The number of rotatable bonds is 7. The van der Waals surface area contributed by atoms with E-state index in [1.807, 2.05) is 55.5 Å². The zero-order chi connectivity index (χ0) is 19.2. The van der Waals surface area contributed by atoms with Crippen molar-refractivity contribution in [1.82, 2.24) is 5.32 Å². The number of anilines is 2. The zero-order valence-corrected chi connectivity index (χ0v) is 17.2. The Labute approximate surface area is 172 Å². The molecule has 0 aromatic heterocycles. The SMILES string of the molecule is CCNCc1ccccc1NC(=O)C1CC(=O)N(c2ccc(CC)cc2)C1.Cl. The van der Waals surface area contributed by atoms with Crippen LogP contribution in [0.4, 0.5) is 11.4 Å². The Morgan fingerprint density at radius 2 is 1.82 bits per heavy atom. The van der Waals surface area contributed by atoms with Crippen molar-refractivity contribution in [1.29, 1.82) is 0 Å². The monoisotopic (exact) mass is 401 g/mol. The second kappa shape index (κ2) is 10.2. The van der Waals surface area contributed by atoms with Gasteiger partial charge in [-0.25, -0.2) is 0 Å². The van der Waals surface area contributed by atoms with E-state index in [-0.39, 0.29) is 36.6 Å². The van der Waals surface area contributed by atoms with Crippen molar-refractivity contribution in [2.45, 2.75) is 33.2 Å². The molecule has 1 aliphatic rings. The molecule has 28 heavy (non-hydrogen) atoms. The van der Waals surface area contributed by atoms with Crippen LogP contribution >= 0.6 is 12.4 Å². The van der Waals surface area contributed by atoms with E-state index >= 15 is 0 Å². The van der Waals surface area contributed by atoms with Crippen LogP contribution in [0.1, 0.15) is 31.4 Å². The van der Waals surface area contributed by atoms with Gasteiger partial charge in [0, 0.05) is 30.9 Å². The van der Waals surface area contributed by atoms with Crippen LogP contribution in [0.2, 0.25) is 0 Å². The molecule has 1 unspecified atom stereocenters. The third kappa shape index (κ3) is 5.12. The van der Waals surface area contributed by atoms with Crippen molar-refractivity contribution in [3.8, 4) is 0 Å². The molecule has 2 aromatic rings. The summed E-state index contributed by atoms with van der Waals surface area (Å²) in [7, 11) is 0. The lowest BCUT2D eigenvalue weighted by Crippen LogP contribution is -2.28. The molecule has 1 aliphatic heterocycles. The summed E-state index contributed by atoms with van der Waals surface area (Å²) < 4.78 is 0. The minimum absolute atomic E-state index is 0. The number of nitrogens with zero attached hydrogens (tertiary/aromatic N) is 1. The molecular formula is C22H28ClN3O2. The van der Waals surface area contributed by atoms with Crippen LogP contribution < -0.4 is 15.5 Å². The lowest BCUT2D eigenvalue weighted by Gasteiger charge is -2.17. The summed E-state index contributed by atoms with van der Waals surface area (Å²) in [5.74, 6) is -0.434. The number of hydrogen-bond acceptors (Lipinski definition) is 3. The fourth-order valence-electron chi connectivity index (χ4n) is 3.34. The molecule has 0 bridgehead atoms. The standard InChI is InChI=1S/C22H27N3O2.ClH/c1-3-16-9-11-19(12-10-16)25-15-18(13-21(25)26)22(27)24-20-8-6-5-7-17(20)14-23-4-2;/h5-12,18,23H,3-4,13-15H2,1-2H3,(H,24,27);1H. The second-order valence-electron chi connectivity index (χ2n) is 6.85. The van der Waals surface area contributed by atoms with Crippen molar-refractivity contribution < 1.29 is 9.59 Å². The molecule has 2 aromatic carbocycles. The predicted molar refractivity (Wildman–Crippen MR) is 116 cm³/mol. The highest BCUT2D eigenvalue weighted by Crippen LogP contribution is 2.27. The lowest BCUT2D eigenvalue weighted by molar-refractivity contribution is -0.122. The average Bonchev–Trinajstić information content (AvgIpc) is 3.09. The first-order valence-electron chi connectivity index (χ1n) is 9.61. The smallest absolute Gasteiger partial charge is 0.229 e. The highest BCUT2D eigenvalue weighted by molar-refractivity contribution is 6.03. The Hall–Kier alpha value is -2.37. The van der Waals surface area contributed by atoms with Crippen LogP contribution in [-0.4, -0.2) is 24.9 Å². The molecular weight excluding hydrogens is 374 g/mol. The summed E-state index contributed by atoms with van der Waals surface area (Å²) >= 11 is 0. The number of hydrogen-bond donors (Lipinski definition) is 2. The first-order chi connectivity index (χ1) is 13.1. The Morgan fingerprint density at radius 3 is 2.50 bits per heavy atom. The first-order valence-corrected chi connectivity index (χ1v) is 9.61. The maximum atomic E-state index is 12.8. The van der Waals surface area contributed by atoms with E-state index < -0.39 is 0 Å². The lowest BCUT2D eigenvalue weighted by atomic mass is 10.1. The highest BCUT2D eigenvalue weighted by Gasteiger charge is 2.35. The van der Waals surface area contributed by atoms with E-state index in [9.17, 15) is 9.59 Å². The van der Waals surface area contributed by atoms with Crippen molar-refractivity contribution in [2.75, 3.05) is 23.3 Å². The van der Waals surface area contributed by atoms with Crippen molar-refractivity contribution in [2.24, 2.45) is 5.92 Å². The van der Waals surface area contributed by atoms with Gasteiger partial charge in [-0.1, -0.05) is 44.2 Å². The molecule has 1 fully saturated rings. The van der Waals surface area contributed by atoms with Gasteiger partial charge < -0.3 is 15.5 Å². The van der Waals surface area contributed by atoms with Crippen LogP contribution in [0.15, 0.2) is 48.5 Å². The van der Waals surface area contributed by atoms with Crippen LogP contribution in [0.3, 0.4) is 0 Å². The van der Waals surface area contributed by atoms with Gasteiger partial charge in [-0.15, -0.1) is 12.4 Å². The number of aryl methyl sites for hydroxylation is 1. The van der Waals surface area contributed by atoms with Gasteiger partial charge in [-0.05, 0) is 42.3 Å². The third-order valence-corrected chi connectivity index (χ3v) is 4.99. The number of benzene rings is 2. The molecule has 0 saturated carbocycles. The molecule has 1 saturated heterocycles. The maximum absolute atomic E-state index is 12.8. The molecule has 1 atom stereocenters. The van der Waals surface area contributed by atoms with Crippen molar-refractivity contribution in [3.05, 3.63) is 59.7 Å². The third-order valence-electron chi connectivity index (χ3n) is 4.99. The van der Waals surface area contributed by atoms with Crippen LogP contribution in [0, 0.1) is 5.92 Å². The fraction of sp³-hybridized carbons (Fsp3) is 0.364. The molecule has 2 N–H and O–H groups in total. The van der Waals surface area contributed by atoms with Gasteiger partial charge in [0.05, 0.1) is 5.92 Å². The summed E-state index contributed by atoms with van der Waals surface area (Å²) in [6.45, 7) is 6.14. The van der Waals surface area contributed by atoms with Gasteiger partial charge in [0.25, 0.3) is 0 Å². The molecule has 5 nitrogen and oxygen atoms in total. The van der Waals surface area contributed by atoms with Gasteiger partial charge in [0.1, 0.15) is 0 Å². The van der Waals surface area contributed by atoms with Gasteiger partial charge in [-0.2, -0.15) is 0 Å². The topological polar surface area (TPSA) is 61.4 Å². The Morgan fingerprint density at radius 1 is 1.11 bits per heavy atom. The van der Waals surface area contributed by atoms with E-state index in [1.54, 1.807) is 4.90 Å². The minimum Gasteiger partial charge on any atom is -0.325 e. The number of nitrogens with one attached hydrogen (secondary N) is 2. The number of halogens is 1. The summed E-state index contributed by atoms with van der Waals surface area (Å²) in [6, 6.07) is 15.8. The molecule has 3 rings (SSSR count). The fourth-order valence-corrected chi connectivity index (χ4v) is 3.34. The summed E-state index contributed by atoms with van der Waals surface area (Å²) in [6.07, 6.45) is 1.21. The molecule has 0 spiro atoms. The second-order valence-corrected chi connectivity index (χ2v) is 6.85. The Balaban J connectivity index is 0.00000280. The van der Waals surface area contributed by atoms with Gasteiger partial charge in [0.15, 0.2) is 0 Å². The number of carbonyl (C=O) groups excluding carboxylic acids is 2. The number of para-hydroxylation sites is 1. The van der Waals surface area contributed by atoms with E-state index in [0.717, 1.165) is 29.9 Å². The van der Waals surface area contributed by atoms with Crippen LogP contribution in [0.25, 0.3) is 0 Å². The quantitative estimate of drug-likeness (QED) is 0.742. The van der Waals surface area contributed by atoms with E-state index in [4.69, 9.17) is 0 Å². The molecule has 2 amide bonds. The Kier molecular flexibility index (Phi) is 8.03. The zero-order valence-electron chi connectivity index (χ0n) is 16.4. The number of amides is 2. The molecule has 0 aliphatic carbocycles. The van der Waals surface area contributed by atoms with E-state index in [1.165, 1.54) is 5.56 Å². The summed E-state index contributed by atoms with van der Waals surface area (Å²) in [5.41, 5.74) is 3.95. The van der Waals surface area contributed by atoms with E-state index in [0.29, 0.717) is 13.1 Å². The van der Waals surface area contributed by atoms with Gasteiger partial charge in [-0.3, -0.25) is 9.59 Å². The summed E-state index contributed by atoms with van der Waals surface area (Å²) in [4.78, 5) is 26.9. The van der Waals surface area contributed by atoms with Crippen LogP contribution in [0.5, 0.6) is 0 Å². The predicted octanol–water partition coefficient (Wildman–Crippen LogP) is 3.77. The van der Waals surface area contributed by atoms with Crippen molar-refractivity contribution in [3.63, 3.8) is 0 Å². The van der Waals surface area contributed by atoms with Gasteiger partial charge >= 0.3 is 0 Å². The van der Waals surface area contributed by atoms with Crippen molar-refractivity contribution >= 4 is 35.6 Å².